The molecule has 0 amide bonds. The average molecular weight is 191 g/mol. The summed E-state index contributed by atoms with van der Waals surface area (Å²) < 4.78 is 0. The fraction of sp³-hybridized carbons (Fsp3) is 0.364. The molecule has 0 aromatic heterocycles. The Kier molecular flexibility index (Phi) is 3.51. The minimum Gasteiger partial charge on any atom is -0.370 e. The summed E-state index contributed by atoms with van der Waals surface area (Å²) in [5.74, 6) is 0.108. The molecule has 0 fully saturated rings. The van der Waals surface area contributed by atoms with Gasteiger partial charge in [0.2, 0.25) is 0 Å². The highest BCUT2D eigenvalue weighted by atomic mass is 15.0. The van der Waals surface area contributed by atoms with Crippen molar-refractivity contribution < 1.29 is 0 Å². The normalized spacial score (nSPS) is 9.86. The molecule has 0 aliphatic heterocycles. The summed E-state index contributed by atoms with van der Waals surface area (Å²) in [5, 5.41) is 0. The monoisotopic (exact) mass is 191 g/mol. The van der Waals surface area contributed by atoms with Gasteiger partial charge >= 0.3 is 0 Å². The number of hydrogen-bond acceptors (Lipinski definition) is 1. The second-order valence-corrected chi connectivity index (χ2v) is 3.41. The zero-order valence-corrected chi connectivity index (χ0v) is 8.75. The van der Waals surface area contributed by atoms with Gasteiger partial charge in [0.1, 0.15) is 0 Å². The third kappa shape index (κ3) is 2.76. The predicted molar refractivity (Wildman–Crippen MR) is 60.6 cm³/mol. The van der Waals surface area contributed by atoms with Gasteiger partial charge in [0.05, 0.1) is 5.69 Å². The molecule has 0 saturated heterocycles. The molecule has 1 rings (SSSR count). The van der Waals surface area contributed by atoms with Gasteiger partial charge in [-0.1, -0.05) is 25.5 Å². The van der Waals surface area contributed by atoms with Gasteiger partial charge in [-0.3, -0.25) is 0 Å². The summed E-state index contributed by atoms with van der Waals surface area (Å²) in [6.07, 6.45) is 2.25. The fourth-order valence-corrected chi connectivity index (χ4v) is 1.43. The van der Waals surface area contributed by atoms with Crippen molar-refractivity contribution in [2.75, 3.05) is 0 Å². The number of aryl methyl sites for hydroxylation is 2. The number of benzene rings is 1. The van der Waals surface area contributed by atoms with Crippen LogP contribution in [0.5, 0.6) is 0 Å². The number of rotatable bonds is 3. The number of guanidine groups is 1. The van der Waals surface area contributed by atoms with Crippen molar-refractivity contribution in [2.45, 2.75) is 26.7 Å². The highest BCUT2D eigenvalue weighted by Gasteiger charge is 1.98. The molecule has 0 spiro atoms. The minimum atomic E-state index is 0.108. The standard InChI is InChI=1S/C11H17N3/c1-3-4-9-5-6-10(8(2)7-9)14-11(12)13/h5-7H,3-4H2,1-2H3,(H4,12,13,14). The molecule has 0 unspecified atom stereocenters. The predicted octanol–water partition coefficient (Wildman–Crippen LogP) is 1.85. The summed E-state index contributed by atoms with van der Waals surface area (Å²) in [6.45, 7) is 4.18. The highest BCUT2D eigenvalue weighted by Crippen LogP contribution is 2.20. The third-order valence-electron chi connectivity index (χ3n) is 2.05. The van der Waals surface area contributed by atoms with E-state index in [0.29, 0.717) is 0 Å². The molecule has 3 heteroatoms. The van der Waals surface area contributed by atoms with Crippen LogP contribution < -0.4 is 11.5 Å². The van der Waals surface area contributed by atoms with Crippen molar-refractivity contribution in [3.8, 4) is 0 Å². The van der Waals surface area contributed by atoms with Gasteiger partial charge in [-0.2, -0.15) is 0 Å². The lowest BCUT2D eigenvalue weighted by atomic mass is 10.1. The van der Waals surface area contributed by atoms with Gasteiger partial charge in [0, 0.05) is 0 Å². The molecule has 1 aromatic carbocycles. The number of hydrogen-bond donors (Lipinski definition) is 2. The van der Waals surface area contributed by atoms with Crippen LogP contribution in [0, 0.1) is 6.92 Å². The van der Waals surface area contributed by atoms with E-state index in [1.807, 2.05) is 13.0 Å². The van der Waals surface area contributed by atoms with Crippen LogP contribution in [0.1, 0.15) is 24.5 Å². The van der Waals surface area contributed by atoms with Crippen molar-refractivity contribution in [3.63, 3.8) is 0 Å². The molecular weight excluding hydrogens is 174 g/mol. The van der Waals surface area contributed by atoms with E-state index in [9.17, 15) is 0 Å². The summed E-state index contributed by atoms with van der Waals surface area (Å²) in [6, 6.07) is 6.16. The van der Waals surface area contributed by atoms with Gasteiger partial charge in [-0.15, -0.1) is 0 Å². The molecule has 1 aromatic rings. The molecule has 3 nitrogen and oxygen atoms in total. The van der Waals surface area contributed by atoms with Crippen molar-refractivity contribution >= 4 is 11.6 Å². The zero-order valence-electron chi connectivity index (χ0n) is 8.75. The first kappa shape index (κ1) is 10.6. The van der Waals surface area contributed by atoms with Crippen molar-refractivity contribution in [1.29, 1.82) is 0 Å². The molecule has 0 radical (unpaired) electrons. The number of nitrogens with zero attached hydrogens (tertiary/aromatic N) is 1. The molecule has 0 aliphatic rings. The molecule has 0 bridgehead atoms. The molecule has 14 heavy (non-hydrogen) atoms. The van der Waals surface area contributed by atoms with E-state index < -0.39 is 0 Å². The van der Waals surface area contributed by atoms with E-state index in [0.717, 1.165) is 24.1 Å². The Hall–Kier alpha value is -1.51. The summed E-state index contributed by atoms with van der Waals surface area (Å²) in [5.41, 5.74) is 13.9. The van der Waals surface area contributed by atoms with Crippen LogP contribution in [0.2, 0.25) is 0 Å². The van der Waals surface area contributed by atoms with Crippen LogP contribution in [0.3, 0.4) is 0 Å². The van der Waals surface area contributed by atoms with E-state index in [4.69, 9.17) is 11.5 Å². The first-order chi connectivity index (χ1) is 6.63. The van der Waals surface area contributed by atoms with E-state index in [1.54, 1.807) is 0 Å². The van der Waals surface area contributed by atoms with Gasteiger partial charge in [-0.05, 0) is 30.5 Å². The maximum Gasteiger partial charge on any atom is 0.191 e. The second kappa shape index (κ2) is 4.65. The van der Waals surface area contributed by atoms with Crippen molar-refractivity contribution in [1.82, 2.24) is 0 Å². The first-order valence-corrected chi connectivity index (χ1v) is 4.82. The molecule has 0 saturated carbocycles. The molecule has 0 atom stereocenters. The topological polar surface area (TPSA) is 64.4 Å². The van der Waals surface area contributed by atoms with Crippen LogP contribution in [0.4, 0.5) is 5.69 Å². The van der Waals surface area contributed by atoms with Crippen molar-refractivity contribution in [2.24, 2.45) is 16.5 Å². The maximum absolute atomic E-state index is 5.32. The van der Waals surface area contributed by atoms with Crippen LogP contribution in [0.25, 0.3) is 0 Å². The number of nitrogens with two attached hydrogens (primary N) is 2. The minimum absolute atomic E-state index is 0.108. The Bertz CT molecular complexity index is 338. The van der Waals surface area contributed by atoms with Crippen LogP contribution in [-0.4, -0.2) is 5.96 Å². The molecule has 0 aliphatic carbocycles. The largest absolute Gasteiger partial charge is 0.370 e. The van der Waals surface area contributed by atoms with E-state index in [-0.39, 0.29) is 5.96 Å². The van der Waals surface area contributed by atoms with Crippen molar-refractivity contribution in [3.05, 3.63) is 29.3 Å². The average Bonchev–Trinajstić information content (AvgIpc) is 2.10. The fourth-order valence-electron chi connectivity index (χ4n) is 1.43. The number of aliphatic imine (C=N–C) groups is 1. The Morgan fingerprint density at radius 3 is 2.57 bits per heavy atom. The lowest BCUT2D eigenvalue weighted by Crippen LogP contribution is -2.22. The van der Waals surface area contributed by atoms with Crippen LogP contribution >= 0.6 is 0 Å². The van der Waals surface area contributed by atoms with E-state index >= 15 is 0 Å². The molecule has 0 heterocycles. The van der Waals surface area contributed by atoms with E-state index in [2.05, 4.69) is 24.0 Å². The summed E-state index contributed by atoms with van der Waals surface area (Å²) >= 11 is 0. The lowest BCUT2D eigenvalue weighted by molar-refractivity contribution is 0.920. The van der Waals surface area contributed by atoms with Crippen LogP contribution in [-0.2, 0) is 6.42 Å². The lowest BCUT2D eigenvalue weighted by Gasteiger charge is -2.04. The highest BCUT2D eigenvalue weighted by molar-refractivity contribution is 5.79. The first-order valence-electron chi connectivity index (χ1n) is 4.82. The summed E-state index contributed by atoms with van der Waals surface area (Å²) in [7, 11) is 0. The van der Waals surface area contributed by atoms with Crippen LogP contribution in [0.15, 0.2) is 23.2 Å². The maximum atomic E-state index is 5.32. The SMILES string of the molecule is CCCc1ccc(N=C(N)N)c(C)c1. The Labute approximate surface area is 84.8 Å². The van der Waals surface area contributed by atoms with Gasteiger partial charge in [0.25, 0.3) is 0 Å². The second-order valence-electron chi connectivity index (χ2n) is 3.41. The Morgan fingerprint density at radius 2 is 2.07 bits per heavy atom. The van der Waals surface area contributed by atoms with Gasteiger partial charge in [0.15, 0.2) is 5.96 Å². The quantitative estimate of drug-likeness (QED) is 0.565. The Morgan fingerprint density at radius 1 is 1.36 bits per heavy atom. The van der Waals surface area contributed by atoms with Gasteiger partial charge < -0.3 is 11.5 Å². The van der Waals surface area contributed by atoms with E-state index in [1.165, 1.54) is 5.56 Å². The Balaban J connectivity index is 2.95. The smallest absolute Gasteiger partial charge is 0.191 e. The molecule has 76 valence electrons. The molecular formula is C11H17N3. The van der Waals surface area contributed by atoms with Gasteiger partial charge in [-0.25, -0.2) is 4.99 Å². The third-order valence-corrected chi connectivity index (χ3v) is 2.05. The molecule has 4 N–H and O–H groups in total. The summed E-state index contributed by atoms with van der Waals surface area (Å²) in [4.78, 5) is 4.03. The zero-order chi connectivity index (χ0) is 10.6.